The maximum Gasteiger partial charge on any atom is 0.134 e. The molecule has 0 bridgehead atoms. The Hall–Kier alpha value is -2.15. The van der Waals surface area contributed by atoms with Crippen LogP contribution in [0.25, 0.3) is 0 Å². The molecule has 3 heterocycles. The highest BCUT2D eigenvalue weighted by molar-refractivity contribution is 5.51. The standard InChI is InChI=1S/C15H22N6O/c1-12(13-9-18-19(2)10-13)20(3)14-8-15(17-11-16-14)21-4-6-22-7-5-21/h8-12H,4-7H2,1-3H3/t12-/m0/s1. The van der Waals surface area contributed by atoms with E-state index in [0.29, 0.717) is 0 Å². The molecule has 2 aromatic heterocycles. The number of aromatic nitrogens is 4. The first-order valence-electron chi connectivity index (χ1n) is 7.51. The minimum absolute atomic E-state index is 0.195. The third-order valence-electron chi connectivity index (χ3n) is 4.12. The fraction of sp³-hybridized carbons (Fsp3) is 0.533. The summed E-state index contributed by atoms with van der Waals surface area (Å²) in [5.41, 5.74) is 1.16. The monoisotopic (exact) mass is 302 g/mol. The van der Waals surface area contributed by atoms with Crippen LogP contribution in [0.15, 0.2) is 24.8 Å². The molecule has 1 fully saturated rings. The molecule has 0 aromatic carbocycles. The SMILES string of the molecule is C[C@@H](c1cnn(C)c1)N(C)c1cc(N2CCOCC2)ncn1. The first-order valence-corrected chi connectivity index (χ1v) is 7.51. The molecule has 0 radical (unpaired) electrons. The lowest BCUT2D eigenvalue weighted by Crippen LogP contribution is -2.37. The van der Waals surface area contributed by atoms with Crippen molar-refractivity contribution in [2.75, 3.05) is 43.2 Å². The molecular formula is C15H22N6O. The van der Waals surface area contributed by atoms with Gasteiger partial charge in [0, 0.05) is 45.0 Å². The van der Waals surface area contributed by atoms with Crippen LogP contribution >= 0.6 is 0 Å². The molecule has 118 valence electrons. The summed E-state index contributed by atoms with van der Waals surface area (Å²) in [6, 6.07) is 2.24. The van der Waals surface area contributed by atoms with Crippen LogP contribution in [0.1, 0.15) is 18.5 Å². The Balaban J connectivity index is 1.78. The Morgan fingerprint density at radius 3 is 2.73 bits per heavy atom. The lowest BCUT2D eigenvalue weighted by Gasteiger charge is -2.29. The summed E-state index contributed by atoms with van der Waals surface area (Å²) in [6.45, 7) is 5.40. The molecule has 1 saturated heterocycles. The molecule has 0 aliphatic carbocycles. The van der Waals surface area contributed by atoms with E-state index in [0.717, 1.165) is 43.5 Å². The molecular weight excluding hydrogens is 280 g/mol. The van der Waals surface area contributed by atoms with E-state index < -0.39 is 0 Å². The van der Waals surface area contributed by atoms with Gasteiger partial charge in [-0.1, -0.05) is 0 Å². The lowest BCUT2D eigenvalue weighted by atomic mass is 10.1. The first-order chi connectivity index (χ1) is 10.6. The van der Waals surface area contributed by atoms with E-state index >= 15 is 0 Å². The van der Waals surface area contributed by atoms with Crippen molar-refractivity contribution in [3.63, 3.8) is 0 Å². The van der Waals surface area contributed by atoms with Crippen LogP contribution in [0.2, 0.25) is 0 Å². The highest BCUT2D eigenvalue weighted by Crippen LogP contribution is 2.25. The fourth-order valence-corrected chi connectivity index (χ4v) is 2.57. The van der Waals surface area contributed by atoms with Crippen LogP contribution in [0.3, 0.4) is 0 Å². The van der Waals surface area contributed by atoms with E-state index in [1.807, 2.05) is 37.2 Å². The summed E-state index contributed by atoms with van der Waals surface area (Å²) < 4.78 is 7.21. The van der Waals surface area contributed by atoms with Gasteiger partial charge < -0.3 is 14.5 Å². The van der Waals surface area contributed by atoms with Crippen LogP contribution in [-0.4, -0.2) is 53.1 Å². The molecule has 2 aromatic rings. The number of rotatable bonds is 4. The molecule has 1 aliphatic heterocycles. The summed E-state index contributed by atoms with van der Waals surface area (Å²) in [6.07, 6.45) is 5.56. The van der Waals surface area contributed by atoms with E-state index in [2.05, 4.69) is 31.8 Å². The van der Waals surface area contributed by atoms with E-state index in [-0.39, 0.29) is 6.04 Å². The van der Waals surface area contributed by atoms with Crippen molar-refractivity contribution in [1.82, 2.24) is 19.7 Å². The summed E-state index contributed by atoms with van der Waals surface area (Å²) >= 11 is 0. The highest BCUT2D eigenvalue weighted by Gasteiger charge is 2.18. The molecule has 0 unspecified atom stereocenters. The molecule has 22 heavy (non-hydrogen) atoms. The van der Waals surface area contributed by atoms with Crippen molar-refractivity contribution in [2.45, 2.75) is 13.0 Å². The van der Waals surface area contributed by atoms with E-state index in [1.54, 1.807) is 6.33 Å². The number of morpholine rings is 1. The Labute approximate surface area is 130 Å². The Morgan fingerprint density at radius 1 is 1.27 bits per heavy atom. The van der Waals surface area contributed by atoms with Gasteiger partial charge in [0.25, 0.3) is 0 Å². The van der Waals surface area contributed by atoms with Crippen molar-refractivity contribution in [3.8, 4) is 0 Å². The number of nitrogens with zero attached hydrogens (tertiary/aromatic N) is 6. The van der Waals surface area contributed by atoms with Crippen molar-refractivity contribution >= 4 is 11.6 Å². The highest BCUT2D eigenvalue weighted by atomic mass is 16.5. The van der Waals surface area contributed by atoms with Crippen molar-refractivity contribution in [3.05, 3.63) is 30.4 Å². The van der Waals surface area contributed by atoms with Gasteiger partial charge in [0.1, 0.15) is 18.0 Å². The van der Waals surface area contributed by atoms with Crippen LogP contribution < -0.4 is 9.80 Å². The van der Waals surface area contributed by atoms with E-state index in [4.69, 9.17) is 4.74 Å². The minimum Gasteiger partial charge on any atom is -0.378 e. The molecule has 3 rings (SSSR count). The van der Waals surface area contributed by atoms with Gasteiger partial charge in [-0.2, -0.15) is 5.10 Å². The smallest absolute Gasteiger partial charge is 0.134 e. The van der Waals surface area contributed by atoms with Crippen molar-refractivity contribution in [2.24, 2.45) is 7.05 Å². The zero-order valence-corrected chi connectivity index (χ0v) is 13.3. The number of hydrogen-bond donors (Lipinski definition) is 0. The van der Waals surface area contributed by atoms with Gasteiger partial charge in [-0.05, 0) is 6.92 Å². The summed E-state index contributed by atoms with van der Waals surface area (Å²) in [7, 11) is 3.97. The summed E-state index contributed by atoms with van der Waals surface area (Å²) in [5.74, 6) is 1.87. The van der Waals surface area contributed by atoms with Gasteiger partial charge >= 0.3 is 0 Å². The zero-order valence-electron chi connectivity index (χ0n) is 13.3. The molecule has 1 aliphatic rings. The zero-order chi connectivity index (χ0) is 15.5. The Morgan fingerprint density at radius 2 is 2.05 bits per heavy atom. The van der Waals surface area contributed by atoms with Crippen molar-refractivity contribution in [1.29, 1.82) is 0 Å². The third-order valence-corrected chi connectivity index (χ3v) is 4.12. The minimum atomic E-state index is 0.195. The Kier molecular flexibility index (Phi) is 4.24. The van der Waals surface area contributed by atoms with Gasteiger partial charge in [-0.15, -0.1) is 0 Å². The fourth-order valence-electron chi connectivity index (χ4n) is 2.57. The van der Waals surface area contributed by atoms with E-state index in [1.165, 1.54) is 0 Å². The summed E-state index contributed by atoms with van der Waals surface area (Å²) in [4.78, 5) is 13.2. The Bertz CT molecular complexity index is 622. The molecule has 7 nitrogen and oxygen atoms in total. The molecule has 0 spiro atoms. The topological polar surface area (TPSA) is 59.3 Å². The number of ether oxygens (including phenoxy) is 1. The molecule has 1 atom stereocenters. The quantitative estimate of drug-likeness (QED) is 0.847. The molecule has 7 heteroatoms. The van der Waals surface area contributed by atoms with Crippen LogP contribution in [0.4, 0.5) is 11.6 Å². The largest absolute Gasteiger partial charge is 0.378 e. The summed E-state index contributed by atoms with van der Waals surface area (Å²) in [5, 5.41) is 4.24. The molecule has 0 N–H and O–H groups in total. The number of anilines is 2. The second-order valence-corrected chi connectivity index (χ2v) is 5.57. The van der Waals surface area contributed by atoms with E-state index in [9.17, 15) is 0 Å². The lowest BCUT2D eigenvalue weighted by molar-refractivity contribution is 0.122. The number of aryl methyl sites for hydroxylation is 1. The second kappa shape index (κ2) is 6.31. The predicted octanol–water partition coefficient (Wildman–Crippen LogP) is 1.24. The third kappa shape index (κ3) is 3.04. The van der Waals surface area contributed by atoms with Crippen molar-refractivity contribution < 1.29 is 4.74 Å². The van der Waals surface area contributed by atoms with Crippen LogP contribution in [-0.2, 0) is 11.8 Å². The van der Waals surface area contributed by atoms with Gasteiger partial charge in [-0.25, -0.2) is 9.97 Å². The van der Waals surface area contributed by atoms with Gasteiger partial charge in [0.15, 0.2) is 0 Å². The maximum absolute atomic E-state index is 5.39. The van der Waals surface area contributed by atoms with Gasteiger partial charge in [-0.3, -0.25) is 4.68 Å². The first kappa shape index (κ1) is 14.8. The van der Waals surface area contributed by atoms with Gasteiger partial charge in [0.2, 0.25) is 0 Å². The predicted molar refractivity (Wildman–Crippen MR) is 85.1 cm³/mol. The van der Waals surface area contributed by atoms with Gasteiger partial charge in [0.05, 0.1) is 25.5 Å². The number of hydrogen-bond acceptors (Lipinski definition) is 6. The van der Waals surface area contributed by atoms with Crippen LogP contribution in [0.5, 0.6) is 0 Å². The van der Waals surface area contributed by atoms with Crippen LogP contribution in [0, 0.1) is 0 Å². The second-order valence-electron chi connectivity index (χ2n) is 5.57. The average Bonchev–Trinajstić information content (AvgIpc) is 3.01. The molecule has 0 amide bonds. The normalized spacial score (nSPS) is 16.6. The average molecular weight is 302 g/mol. The molecule has 0 saturated carbocycles. The maximum atomic E-state index is 5.39.